The molecule has 3 rings (SSSR count). The Labute approximate surface area is 202 Å². The molecule has 0 aliphatic carbocycles. The molecule has 1 saturated heterocycles. The maximum atomic E-state index is 13.1. The minimum Gasteiger partial charge on any atom is -0.427 e. The number of benzene rings is 2. The molecule has 9 heteroatoms. The second kappa shape index (κ2) is 12.0. The lowest BCUT2D eigenvalue weighted by Gasteiger charge is -2.23. The lowest BCUT2D eigenvalue weighted by Crippen LogP contribution is -2.49. The molecular weight excluding hydrogens is 456 g/mol. The van der Waals surface area contributed by atoms with Crippen molar-refractivity contribution in [2.45, 2.75) is 19.9 Å². The van der Waals surface area contributed by atoms with Gasteiger partial charge < -0.3 is 19.7 Å². The van der Waals surface area contributed by atoms with Crippen molar-refractivity contribution in [3.8, 4) is 11.5 Å². The van der Waals surface area contributed by atoms with Crippen molar-refractivity contribution in [1.29, 1.82) is 0 Å². The average molecular weight is 483 g/mol. The molecule has 1 aliphatic heterocycles. The van der Waals surface area contributed by atoms with E-state index in [4.69, 9.17) is 9.47 Å². The van der Waals surface area contributed by atoms with Crippen molar-refractivity contribution in [2.24, 2.45) is 0 Å². The normalized spacial score (nSPS) is 16.1. The largest absolute Gasteiger partial charge is 0.427 e. The Bertz CT molecular complexity index is 1050. The third-order valence-electron chi connectivity index (χ3n) is 4.81. The first-order chi connectivity index (χ1) is 16.3. The Morgan fingerprint density at radius 3 is 2.32 bits per heavy atom. The molecule has 178 valence electrons. The fraction of sp³-hybridized carbons (Fsp3) is 0.280. The van der Waals surface area contributed by atoms with Gasteiger partial charge in [0.25, 0.3) is 5.91 Å². The van der Waals surface area contributed by atoms with Crippen molar-refractivity contribution >= 4 is 41.6 Å². The van der Waals surface area contributed by atoms with Crippen LogP contribution in [0.1, 0.15) is 29.8 Å². The molecule has 0 aromatic heterocycles. The number of hydrogen-bond acceptors (Lipinski definition) is 7. The van der Waals surface area contributed by atoms with E-state index < -0.39 is 23.9 Å². The fourth-order valence-corrected chi connectivity index (χ4v) is 4.31. The third-order valence-corrected chi connectivity index (χ3v) is 5.85. The van der Waals surface area contributed by atoms with Crippen molar-refractivity contribution in [3.05, 3.63) is 65.7 Å². The predicted octanol–water partition coefficient (Wildman–Crippen LogP) is 2.92. The highest BCUT2D eigenvalue weighted by Gasteiger charge is 2.28. The second-order valence-corrected chi connectivity index (χ2v) is 8.73. The number of esters is 2. The van der Waals surface area contributed by atoms with E-state index in [0.29, 0.717) is 18.8 Å². The van der Waals surface area contributed by atoms with Crippen molar-refractivity contribution in [2.75, 3.05) is 24.6 Å². The zero-order valence-corrected chi connectivity index (χ0v) is 19.8. The number of carbonyl (C=O) groups excluding carboxylic acids is 4. The molecule has 8 nitrogen and oxygen atoms in total. The van der Waals surface area contributed by atoms with E-state index in [9.17, 15) is 19.2 Å². The molecule has 0 bridgehead atoms. The highest BCUT2D eigenvalue weighted by molar-refractivity contribution is 7.99. The maximum absolute atomic E-state index is 13.1. The average Bonchev–Trinajstić information content (AvgIpc) is 2.95. The van der Waals surface area contributed by atoms with Gasteiger partial charge in [-0.2, -0.15) is 11.8 Å². The highest BCUT2D eigenvalue weighted by Crippen LogP contribution is 2.24. The van der Waals surface area contributed by atoms with Gasteiger partial charge in [0.15, 0.2) is 0 Å². The van der Waals surface area contributed by atoms with Crippen LogP contribution in [0.25, 0.3) is 6.08 Å². The van der Waals surface area contributed by atoms with E-state index in [1.54, 1.807) is 16.7 Å². The number of amides is 2. The molecule has 2 aromatic rings. The van der Waals surface area contributed by atoms with Gasteiger partial charge in [-0.1, -0.05) is 42.5 Å². The molecule has 0 radical (unpaired) electrons. The molecule has 1 atom stereocenters. The van der Waals surface area contributed by atoms with Gasteiger partial charge >= 0.3 is 11.9 Å². The number of thioether (sulfide) groups is 1. The van der Waals surface area contributed by atoms with E-state index in [1.165, 1.54) is 32.0 Å². The number of carbonyl (C=O) groups is 4. The zero-order chi connectivity index (χ0) is 24.5. The Kier molecular flexibility index (Phi) is 8.86. The third kappa shape index (κ3) is 7.48. The minimum absolute atomic E-state index is 0.0608. The van der Waals surface area contributed by atoms with Crippen LogP contribution in [0.2, 0.25) is 0 Å². The van der Waals surface area contributed by atoms with E-state index in [0.717, 1.165) is 11.3 Å². The van der Waals surface area contributed by atoms with Crippen LogP contribution in [-0.4, -0.2) is 59.3 Å². The number of ether oxygens (including phenoxy) is 2. The summed E-state index contributed by atoms with van der Waals surface area (Å²) in [7, 11) is 0. The summed E-state index contributed by atoms with van der Waals surface area (Å²) in [5, 5.41) is 2.77. The molecule has 1 N–H and O–H groups in total. The SMILES string of the molecule is CC(=O)Oc1cc(OC(C)=O)cc(C(=O)NC2CSCCN(CC=Cc3ccccc3)C2=O)c1. The molecule has 1 heterocycles. The van der Waals surface area contributed by atoms with Gasteiger partial charge in [0.1, 0.15) is 17.5 Å². The topological polar surface area (TPSA) is 102 Å². The summed E-state index contributed by atoms with van der Waals surface area (Å²) in [6, 6.07) is 13.1. The minimum atomic E-state index is -0.723. The summed E-state index contributed by atoms with van der Waals surface area (Å²) >= 11 is 1.58. The summed E-state index contributed by atoms with van der Waals surface area (Å²) in [5.74, 6) is -0.562. The summed E-state index contributed by atoms with van der Waals surface area (Å²) in [6.45, 7) is 3.45. The van der Waals surface area contributed by atoms with Gasteiger partial charge in [-0.3, -0.25) is 19.2 Å². The molecule has 0 spiro atoms. The van der Waals surface area contributed by atoms with Crippen LogP contribution in [0.4, 0.5) is 0 Å². The first kappa shape index (κ1) is 25.0. The van der Waals surface area contributed by atoms with Crippen LogP contribution >= 0.6 is 11.8 Å². The molecular formula is C25H26N2O6S. The first-order valence-electron chi connectivity index (χ1n) is 10.7. The molecule has 1 unspecified atom stereocenters. The Balaban J connectivity index is 1.72. The summed E-state index contributed by atoms with van der Waals surface area (Å²) < 4.78 is 10.1. The van der Waals surface area contributed by atoms with Crippen LogP contribution < -0.4 is 14.8 Å². The van der Waals surface area contributed by atoms with Gasteiger partial charge in [0.05, 0.1) is 0 Å². The van der Waals surface area contributed by atoms with Crippen LogP contribution in [0.3, 0.4) is 0 Å². The van der Waals surface area contributed by atoms with Crippen LogP contribution in [0, 0.1) is 0 Å². The van der Waals surface area contributed by atoms with Crippen molar-refractivity contribution in [1.82, 2.24) is 10.2 Å². The van der Waals surface area contributed by atoms with E-state index >= 15 is 0 Å². The maximum Gasteiger partial charge on any atom is 0.308 e. The highest BCUT2D eigenvalue weighted by atomic mass is 32.2. The summed E-state index contributed by atoms with van der Waals surface area (Å²) in [5.41, 5.74) is 1.15. The molecule has 1 fully saturated rings. The number of nitrogens with one attached hydrogen (secondary N) is 1. The standard InChI is InChI=1S/C25H26N2O6S/c1-17(28)32-21-13-20(14-22(15-21)33-18(2)29)24(30)26-23-16-34-12-11-27(25(23)31)10-6-9-19-7-4-3-5-8-19/h3-9,13-15,23H,10-12,16H2,1-2H3,(H,26,30). The van der Waals surface area contributed by atoms with E-state index in [2.05, 4.69) is 5.32 Å². The first-order valence-corrected chi connectivity index (χ1v) is 11.9. The van der Waals surface area contributed by atoms with E-state index in [1.807, 2.05) is 42.5 Å². The Hall–Kier alpha value is -3.59. The molecule has 2 aromatic carbocycles. The number of hydrogen-bond donors (Lipinski definition) is 1. The van der Waals surface area contributed by atoms with Gasteiger partial charge in [-0.15, -0.1) is 0 Å². The van der Waals surface area contributed by atoms with Gasteiger partial charge in [0.2, 0.25) is 5.91 Å². The molecule has 34 heavy (non-hydrogen) atoms. The van der Waals surface area contributed by atoms with Gasteiger partial charge in [-0.05, 0) is 17.7 Å². The van der Waals surface area contributed by atoms with Crippen LogP contribution in [-0.2, 0) is 14.4 Å². The molecule has 0 saturated carbocycles. The molecule has 2 amide bonds. The predicted molar refractivity (Wildman–Crippen MR) is 130 cm³/mol. The lowest BCUT2D eigenvalue weighted by molar-refractivity contribution is -0.132. The van der Waals surface area contributed by atoms with Crippen LogP contribution in [0.15, 0.2) is 54.6 Å². The van der Waals surface area contributed by atoms with Gasteiger partial charge in [-0.25, -0.2) is 0 Å². The quantitative estimate of drug-likeness (QED) is 0.478. The van der Waals surface area contributed by atoms with Gasteiger partial charge in [0, 0.05) is 50.1 Å². The fourth-order valence-electron chi connectivity index (χ4n) is 3.34. The summed E-state index contributed by atoms with van der Waals surface area (Å²) in [6.07, 6.45) is 3.88. The number of rotatable bonds is 7. The monoisotopic (exact) mass is 482 g/mol. The van der Waals surface area contributed by atoms with Crippen LogP contribution in [0.5, 0.6) is 11.5 Å². The van der Waals surface area contributed by atoms with Crippen molar-refractivity contribution in [3.63, 3.8) is 0 Å². The smallest absolute Gasteiger partial charge is 0.308 e. The second-order valence-electron chi connectivity index (χ2n) is 7.58. The lowest BCUT2D eigenvalue weighted by atomic mass is 10.1. The zero-order valence-electron chi connectivity index (χ0n) is 19.0. The van der Waals surface area contributed by atoms with Crippen molar-refractivity contribution < 1.29 is 28.7 Å². The Morgan fingerprint density at radius 2 is 1.71 bits per heavy atom. The number of nitrogens with zero attached hydrogens (tertiary/aromatic N) is 1. The van der Waals surface area contributed by atoms with E-state index in [-0.39, 0.29) is 23.0 Å². The summed E-state index contributed by atoms with van der Waals surface area (Å²) in [4.78, 5) is 50.5. The Morgan fingerprint density at radius 1 is 1.06 bits per heavy atom. The molecule has 1 aliphatic rings.